The van der Waals surface area contributed by atoms with Gasteiger partial charge in [0.25, 0.3) is 0 Å². The lowest BCUT2D eigenvalue weighted by molar-refractivity contribution is -0.130. The van der Waals surface area contributed by atoms with Gasteiger partial charge < -0.3 is 4.74 Å². The highest BCUT2D eigenvalue weighted by molar-refractivity contribution is 6.42. The van der Waals surface area contributed by atoms with Crippen molar-refractivity contribution < 1.29 is 9.53 Å². The second-order valence-electron chi connectivity index (χ2n) is 4.54. The molecule has 0 unspecified atom stereocenters. The van der Waals surface area contributed by atoms with E-state index in [0.29, 0.717) is 26.9 Å². The Labute approximate surface area is 132 Å². The molecule has 21 heavy (non-hydrogen) atoms. The van der Waals surface area contributed by atoms with Gasteiger partial charge in [0.15, 0.2) is 0 Å². The molecule has 0 atom stereocenters. The molecule has 0 aromatic heterocycles. The van der Waals surface area contributed by atoms with E-state index in [2.05, 4.69) is 0 Å². The zero-order valence-electron chi connectivity index (χ0n) is 10.8. The molecule has 4 heteroatoms. The van der Waals surface area contributed by atoms with Crippen LogP contribution in [0.15, 0.2) is 60.2 Å². The van der Waals surface area contributed by atoms with E-state index in [1.807, 2.05) is 30.3 Å². The number of hydrogen-bond donors (Lipinski definition) is 0. The molecule has 104 valence electrons. The number of carbonyl (C=O) groups excluding carboxylic acids is 1. The molecule has 1 heterocycles. The Hall–Kier alpha value is -2.03. The molecule has 0 spiro atoms. The van der Waals surface area contributed by atoms with Gasteiger partial charge in [0.05, 0.1) is 15.6 Å². The number of benzene rings is 2. The van der Waals surface area contributed by atoms with Gasteiger partial charge in [0, 0.05) is 5.56 Å². The highest BCUT2D eigenvalue weighted by Crippen LogP contribution is 2.31. The molecule has 0 radical (unpaired) electrons. The third-order valence-corrected chi connectivity index (χ3v) is 3.79. The van der Waals surface area contributed by atoms with Crippen molar-refractivity contribution in [3.63, 3.8) is 0 Å². The summed E-state index contributed by atoms with van der Waals surface area (Å²) in [4.78, 5) is 11.9. The minimum Gasteiger partial charge on any atom is -0.422 e. The first kappa shape index (κ1) is 13.9. The average Bonchev–Trinajstić information content (AvgIpc) is 2.84. The molecule has 0 N–H and O–H groups in total. The van der Waals surface area contributed by atoms with Gasteiger partial charge in [0.2, 0.25) is 0 Å². The van der Waals surface area contributed by atoms with Gasteiger partial charge >= 0.3 is 5.97 Å². The van der Waals surface area contributed by atoms with Crippen molar-refractivity contribution in [1.82, 2.24) is 0 Å². The molecule has 1 aliphatic heterocycles. The van der Waals surface area contributed by atoms with E-state index in [1.54, 1.807) is 30.4 Å². The number of rotatable bonds is 2. The molecular weight excluding hydrogens is 307 g/mol. The van der Waals surface area contributed by atoms with Gasteiger partial charge in [-0.25, -0.2) is 4.79 Å². The second-order valence-corrected chi connectivity index (χ2v) is 5.35. The second kappa shape index (κ2) is 5.76. The number of esters is 1. The van der Waals surface area contributed by atoms with Crippen LogP contribution in [0.5, 0.6) is 0 Å². The van der Waals surface area contributed by atoms with Gasteiger partial charge in [-0.3, -0.25) is 0 Å². The Balaban J connectivity index is 1.95. The van der Waals surface area contributed by atoms with E-state index < -0.39 is 0 Å². The van der Waals surface area contributed by atoms with Crippen LogP contribution in [-0.4, -0.2) is 5.97 Å². The highest BCUT2D eigenvalue weighted by atomic mass is 35.5. The Bertz CT molecular complexity index is 762. The van der Waals surface area contributed by atoms with E-state index in [9.17, 15) is 4.79 Å². The number of hydrogen-bond acceptors (Lipinski definition) is 2. The van der Waals surface area contributed by atoms with Gasteiger partial charge in [0.1, 0.15) is 5.76 Å². The van der Waals surface area contributed by atoms with Crippen LogP contribution in [0.4, 0.5) is 0 Å². The van der Waals surface area contributed by atoms with Gasteiger partial charge in [-0.2, -0.15) is 0 Å². The summed E-state index contributed by atoms with van der Waals surface area (Å²) < 4.78 is 5.28. The Morgan fingerprint density at radius 1 is 0.952 bits per heavy atom. The van der Waals surface area contributed by atoms with E-state index in [4.69, 9.17) is 27.9 Å². The van der Waals surface area contributed by atoms with Crippen molar-refractivity contribution in [2.45, 2.75) is 0 Å². The molecule has 0 bridgehead atoms. The van der Waals surface area contributed by atoms with E-state index in [0.717, 1.165) is 5.56 Å². The monoisotopic (exact) mass is 316 g/mol. The van der Waals surface area contributed by atoms with Crippen molar-refractivity contribution in [2.24, 2.45) is 0 Å². The topological polar surface area (TPSA) is 26.3 Å². The third-order valence-electron chi connectivity index (χ3n) is 3.05. The Morgan fingerprint density at radius 3 is 2.43 bits per heavy atom. The fourth-order valence-electron chi connectivity index (χ4n) is 2.01. The van der Waals surface area contributed by atoms with Crippen LogP contribution in [0.25, 0.3) is 11.8 Å². The fraction of sp³-hybridized carbons (Fsp3) is 0. The molecule has 1 aliphatic rings. The largest absolute Gasteiger partial charge is 0.422 e. The number of cyclic esters (lactones) is 1. The van der Waals surface area contributed by atoms with E-state index >= 15 is 0 Å². The molecule has 0 aliphatic carbocycles. The maximum absolute atomic E-state index is 11.9. The molecule has 0 fully saturated rings. The quantitative estimate of drug-likeness (QED) is 0.577. The van der Waals surface area contributed by atoms with Crippen LogP contribution in [0.3, 0.4) is 0 Å². The number of carbonyl (C=O) groups is 1. The zero-order chi connectivity index (χ0) is 14.8. The molecule has 2 aromatic rings. The minimum atomic E-state index is -0.375. The first-order chi connectivity index (χ1) is 10.1. The van der Waals surface area contributed by atoms with Crippen LogP contribution in [0.2, 0.25) is 10.0 Å². The zero-order valence-corrected chi connectivity index (χ0v) is 12.4. The van der Waals surface area contributed by atoms with E-state index in [-0.39, 0.29) is 5.97 Å². The standard InChI is InChI=1S/C17H10Cl2O2/c18-14-7-6-12(9-15(14)19)16-10-13(17(20)21-16)8-11-4-2-1-3-5-11/h1-10H/b13-8-. The number of halogens is 2. The van der Waals surface area contributed by atoms with E-state index in [1.165, 1.54) is 0 Å². The maximum atomic E-state index is 11.9. The SMILES string of the molecule is O=C1OC(c2ccc(Cl)c(Cl)c2)=C/C1=C/c1ccccc1. The van der Waals surface area contributed by atoms with Crippen molar-refractivity contribution in [1.29, 1.82) is 0 Å². The maximum Gasteiger partial charge on any atom is 0.343 e. The highest BCUT2D eigenvalue weighted by Gasteiger charge is 2.22. The minimum absolute atomic E-state index is 0.375. The van der Waals surface area contributed by atoms with Gasteiger partial charge in [-0.1, -0.05) is 53.5 Å². The lowest BCUT2D eigenvalue weighted by Gasteiger charge is -2.03. The smallest absolute Gasteiger partial charge is 0.343 e. The molecule has 2 nitrogen and oxygen atoms in total. The first-order valence-electron chi connectivity index (χ1n) is 6.29. The normalized spacial score (nSPS) is 16.0. The predicted octanol–water partition coefficient (Wildman–Crippen LogP) is 4.97. The van der Waals surface area contributed by atoms with Crippen LogP contribution >= 0.6 is 23.2 Å². The van der Waals surface area contributed by atoms with Crippen LogP contribution in [-0.2, 0) is 9.53 Å². The first-order valence-corrected chi connectivity index (χ1v) is 7.05. The van der Waals surface area contributed by atoms with Gasteiger partial charge in [-0.05, 0) is 35.9 Å². The third kappa shape index (κ3) is 3.02. The summed E-state index contributed by atoms with van der Waals surface area (Å²) in [5.74, 6) is 0.0978. The van der Waals surface area contributed by atoms with Crippen LogP contribution in [0.1, 0.15) is 11.1 Å². The Kier molecular flexibility index (Phi) is 3.82. The Morgan fingerprint density at radius 2 is 1.71 bits per heavy atom. The summed E-state index contributed by atoms with van der Waals surface area (Å²) in [6.07, 6.45) is 3.49. The van der Waals surface area contributed by atoms with Crippen molar-refractivity contribution in [3.05, 3.63) is 81.4 Å². The lowest BCUT2D eigenvalue weighted by Crippen LogP contribution is -1.97. The summed E-state index contributed by atoms with van der Waals surface area (Å²) in [6.45, 7) is 0. The lowest BCUT2D eigenvalue weighted by atomic mass is 10.1. The molecular formula is C17H10Cl2O2. The van der Waals surface area contributed by atoms with Crippen LogP contribution < -0.4 is 0 Å². The number of ether oxygens (including phenoxy) is 1. The van der Waals surface area contributed by atoms with Crippen molar-refractivity contribution in [3.8, 4) is 0 Å². The summed E-state index contributed by atoms with van der Waals surface area (Å²) in [7, 11) is 0. The van der Waals surface area contributed by atoms with Crippen molar-refractivity contribution in [2.75, 3.05) is 0 Å². The predicted molar refractivity (Wildman–Crippen MR) is 85.0 cm³/mol. The summed E-state index contributed by atoms with van der Waals surface area (Å²) in [6, 6.07) is 14.7. The average molecular weight is 317 g/mol. The summed E-state index contributed by atoms with van der Waals surface area (Å²) >= 11 is 11.9. The summed E-state index contributed by atoms with van der Waals surface area (Å²) in [5.41, 5.74) is 2.16. The molecule has 2 aromatic carbocycles. The molecule has 3 rings (SSSR count). The summed E-state index contributed by atoms with van der Waals surface area (Å²) in [5, 5.41) is 0.886. The van der Waals surface area contributed by atoms with Crippen molar-refractivity contribution >= 4 is 41.0 Å². The molecule has 0 saturated carbocycles. The van der Waals surface area contributed by atoms with Gasteiger partial charge in [-0.15, -0.1) is 0 Å². The molecule has 0 amide bonds. The fourth-order valence-corrected chi connectivity index (χ4v) is 2.31. The van der Waals surface area contributed by atoms with Crippen LogP contribution in [0, 0.1) is 0 Å². The molecule has 0 saturated heterocycles.